The van der Waals surface area contributed by atoms with Crippen LogP contribution in [0.3, 0.4) is 0 Å². The standard InChI is InChI=1S/C23H29BrN2O3/c1-5-13-26(14-6-2)23(28)17-7-10-19(11-8-17)25-22(27)18-9-12-21(20(24)15-18)29-16(3)4/h7-12,15-16H,5-6,13-14H2,1-4H3,(H,25,27). The Balaban J connectivity index is 2.06. The lowest BCUT2D eigenvalue weighted by atomic mass is 10.1. The van der Waals surface area contributed by atoms with Gasteiger partial charge in [0.1, 0.15) is 5.75 Å². The molecule has 0 spiro atoms. The summed E-state index contributed by atoms with van der Waals surface area (Å²) in [6.07, 6.45) is 1.91. The van der Waals surface area contributed by atoms with E-state index in [4.69, 9.17) is 4.74 Å². The zero-order valence-corrected chi connectivity index (χ0v) is 19.1. The number of benzene rings is 2. The molecule has 2 amide bonds. The molecule has 5 nitrogen and oxygen atoms in total. The second-order valence-corrected chi connectivity index (χ2v) is 7.99. The van der Waals surface area contributed by atoms with E-state index >= 15 is 0 Å². The van der Waals surface area contributed by atoms with Crippen LogP contribution >= 0.6 is 15.9 Å². The zero-order chi connectivity index (χ0) is 21.4. The molecule has 6 heteroatoms. The van der Waals surface area contributed by atoms with Gasteiger partial charge >= 0.3 is 0 Å². The maximum Gasteiger partial charge on any atom is 0.255 e. The third-order valence-corrected chi connectivity index (χ3v) is 4.84. The van der Waals surface area contributed by atoms with Crippen LogP contribution in [0.4, 0.5) is 5.69 Å². The number of hydrogen-bond acceptors (Lipinski definition) is 3. The van der Waals surface area contributed by atoms with Crippen LogP contribution in [0.15, 0.2) is 46.9 Å². The van der Waals surface area contributed by atoms with Crippen LogP contribution in [0.2, 0.25) is 0 Å². The third-order valence-electron chi connectivity index (χ3n) is 4.22. The molecule has 2 aromatic rings. The van der Waals surface area contributed by atoms with E-state index < -0.39 is 0 Å². The normalized spacial score (nSPS) is 10.7. The first-order chi connectivity index (χ1) is 13.8. The Labute approximate surface area is 181 Å². The highest BCUT2D eigenvalue weighted by molar-refractivity contribution is 9.10. The largest absolute Gasteiger partial charge is 0.490 e. The molecule has 0 unspecified atom stereocenters. The number of nitrogens with one attached hydrogen (secondary N) is 1. The molecule has 0 aliphatic carbocycles. The molecular weight excluding hydrogens is 432 g/mol. The predicted molar refractivity (Wildman–Crippen MR) is 121 cm³/mol. The Morgan fingerprint density at radius 2 is 1.59 bits per heavy atom. The van der Waals surface area contributed by atoms with Crippen molar-refractivity contribution in [3.63, 3.8) is 0 Å². The lowest BCUT2D eigenvalue weighted by Crippen LogP contribution is -2.32. The average Bonchev–Trinajstić information content (AvgIpc) is 2.69. The molecule has 0 aliphatic rings. The first-order valence-electron chi connectivity index (χ1n) is 10.0. The number of anilines is 1. The summed E-state index contributed by atoms with van der Waals surface area (Å²) < 4.78 is 6.40. The van der Waals surface area contributed by atoms with Gasteiger partial charge in [-0.1, -0.05) is 13.8 Å². The lowest BCUT2D eigenvalue weighted by Gasteiger charge is -2.21. The topological polar surface area (TPSA) is 58.6 Å². The van der Waals surface area contributed by atoms with Crippen LogP contribution in [-0.4, -0.2) is 35.9 Å². The molecule has 0 fully saturated rings. The number of carbonyl (C=O) groups is 2. The average molecular weight is 461 g/mol. The van der Waals surface area contributed by atoms with Crippen LogP contribution in [0.5, 0.6) is 5.75 Å². The zero-order valence-electron chi connectivity index (χ0n) is 17.5. The number of carbonyl (C=O) groups excluding carboxylic acids is 2. The van der Waals surface area contributed by atoms with Gasteiger partial charge in [0.2, 0.25) is 0 Å². The molecule has 29 heavy (non-hydrogen) atoms. The van der Waals surface area contributed by atoms with E-state index in [1.165, 1.54) is 0 Å². The summed E-state index contributed by atoms with van der Waals surface area (Å²) in [5.74, 6) is 0.499. The number of halogens is 1. The van der Waals surface area contributed by atoms with E-state index in [0.29, 0.717) is 22.6 Å². The van der Waals surface area contributed by atoms with Gasteiger partial charge in [-0.2, -0.15) is 0 Å². The first kappa shape index (κ1) is 22.9. The highest BCUT2D eigenvalue weighted by atomic mass is 79.9. The summed E-state index contributed by atoms with van der Waals surface area (Å²) in [5.41, 5.74) is 1.79. The molecule has 2 rings (SSSR count). The van der Waals surface area contributed by atoms with Crippen molar-refractivity contribution in [2.45, 2.75) is 46.6 Å². The summed E-state index contributed by atoms with van der Waals surface area (Å²) in [7, 11) is 0. The van der Waals surface area contributed by atoms with Crippen molar-refractivity contribution >= 4 is 33.4 Å². The van der Waals surface area contributed by atoms with Gasteiger partial charge < -0.3 is 15.0 Å². The van der Waals surface area contributed by atoms with Gasteiger partial charge in [0, 0.05) is 29.9 Å². The summed E-state index contributed by atoms with van der Waals surface area (Å²) in [5, 5.41) is 2.87. The molecule has 0 radical (unpaired) electrons. The maximum absolute atomic E-state index is 12.6. The Bertz CT molecular complexity index is 829. The molecule has 0 heterocycles. The molecular formula is C23H29BrN2O3. The summed E-state index contributed by atoms with van der Waals surface area (Å²) in [6.45, 7) is 9.52. The van der Waals surface area contributed by atoms with Crippen molar-refractivity contribution in [1.82, 2.24) is 4.90 Å². The van der Waals surface area contributed by atoms with Gasteiger partial charge in [0.15, 0.2) is 0 Å². The Kier molecular flexibility index (Phi) is 8.70. The fraction of sp³-hybridized carbons (Fsp3) is 0.391. The quantitative estimate of drug-likeness (QED) is 0.517. The van der Waals surface area contributed by atoms with Crippen molar-refractivity contribution in [2.75, 3.05) is 18.4 Å². The fourth-order valence-electron chi connectivity index (χ4n) is 2.93. The number of amides is 2. The molecule has 1 N–H and O–H groups in total. The predicted octanol–water partition coefficient (Wildman–Crippen LogP) is 5.75. The Morgan fingerprint density at radius 1 is 1.00 bits per heavy atom. The lowest BCUT2D eigenvalue weighted by molar-refractivity contribution is 0.0755. The van der Waals surface area contributed by atoms with Crippen LogP contribution in [0.1, 0.15) is 61.3 Å². The van der Waals surface area contributed by atoms with E-state index in [2.05, 4.69) is 35.1 Å². The van der Waals surface area contributed by atoms with Crippen LogP contribution in [-0.2, 0) is 0 Å². The first-order valence-corrected chi connectivity index (χ1v) is 10.8. The number of hydrogen-bond donors (Lipinski definition) is 1. The van der Waals surface area contributed by atoms with Gasteiger partial charge in [-0.15, -0.1) is 0 Å². The minimum atomic E-state index is -0.223. The van der Waals surface area contributed by atoms with Gasteiger partial charge in [-0.3, -0.25) is 9.59 Å². The van der Waals surface area contributed by atoms with Crippen molar-refractivity contribution < 1.29 is 14.3 Å². The molecule has 0 aromatic heterocycles. The van der Waals surface area contributed by atoms with Crippen molar-refractivity contribution in [3.05, 3.63) is 58.1 Å². The summed E-state index contributed by atoms with van der Waals surface area (Å²) >= 11 is 3.45. The Hall–Kier alpha value is -2.34. The van der Waals surface area contributed by atoms with Crippen molar-refractivity contribution in [3.8, 4) is 5.75 Å². The van der Waals surface area contributed by atoms with Gasteiger partial charge in [-0.25, -0.2) is 0 Å². The minimum Gasteiger partial charge on any atom is -0.490 e. The molecule has 0 aliphatic heterocycles. The van der Waals surface area contributed by atoms with Gasteiger partial charge in [0.25, 0.3) is 11.8 Å². The minimum absolute atomic E-state index is 0.0243. The highest BCUT2D eigenvalue weighted by Crippen LogP contribution is 2.27. The van der Waals surface area contributed by atoms with E-state index in [1.54, 1.807) is 42.5 Å². The molecule has 0 atom stereocenters. The third kappa shape index (κ3) is 6.60. The van der Waals surface area contributed by atoms with E-state index in [0.717, 1.165) is 30.4 Å². The van der Waals surface area contributed by atoms with Gasteiger partial charge in [0.05, 0.1) is 10.6 Å². The highest BCUT2D eigenvalue weighted by Gasteiger charge is 2.15. The molecule has 0 saturated carbocycles. The monoisotopic (exact) mass is 460 g/mol. The van der Waals surface area contributed by atoms with Crippen LogP contribution < -0.4 is 10.1 Å². The molecule has 156 valence electrons. The number of ether oxygens (including phenoxy) is 1. The number of nitrogens with zero attached hydrogens (tertiary/aromatic N) is 1. The van der Waals surface area contributed by atoms with Crippen molar-refractivity contribution in [1.29, 1.82) is 0 Å². The number of rotatable bonds is 9. The van der Waals surface area contributed by atoms with Crippen LogP contribution in [0.25, 0.3) is 0 Å². The molecule has 2 aromatic carbocycles. The smallest absolute Gasteiger partial charge is 0.255 e. The van der Waals surface area contributed by atoms with E-state index in [-0.39, 0.29) is 17.9 Å². The molecule has 0 saturated heterocycles. The summed E-state index contributed by atoms with van der Waals surface area (Å²) in [6, 6.07) is 12.3. The van der Waals surface area contributed by atoms with Crippen molar-refractivity contribution in [2.24, 2.45) is 0 Å². The van der Waals surface area contributed by atoms with Crippen LogP contribution in [0, 0.1) is 0 Å². The fourth-order valence-corrected chi connectivity index (χ4v) is 3.40. The van der Waals surface area contributed by atoms with Gasteiger partial charge in [-0.05, 0) is 85.1 Å². The Morgan fingerprint density at radius 3 is 2.10 bits per heavy atom. The maximum atomic E-state index is 12.6. The molecule has 0 bridgehead atoms. The second-order valence-electron chi connectivity index (χ2n) is 7.14. The summed E-state index contributed by atoms with van der Waals surface area (Å²) in [4.78, 5) is 27.1. The SMILES string of the molecule is CCCN(CCC)C(=O)c1ccc(NC(=O)c2ccc(OC(C)C)c(Br)c2)cc1. The second kappa shape index (κ2) is 11.0. The van der Waals surface area contributed by atoms with E-state index in [9.17, 15) is 9.59 Å². The van der Waals surface area contributed by atoms with E-state index in [1.807, 2.05) is 18.7 Å².